The zero-order valence-corrected chi connectivity index (χ0v) is 12.8. The number of hydrogen-bond donors (Lipinski definition) is 0. The molecule has 0 unspecified atom stereocenters. The van der Waals surface area contributed by atoms with Gasteiger partial charge in [-0.2, -0.15) is 11.8 Å². The lowest BCUT2D eigenvalue weighted by atomic mass is 10.1. The van der Waals surface area contributed by atoms with E-state index in [0.717, 1.165) is 22.8 Å². The second kappa shape index (κ2) is 7.94. The molecule has 1 aromatic carbocycles. The Hall–Kier alpha value is -1.36. The van der Waals surface area contributed by atoms with Gasteiger partial charge < -0.3 is 14.4 Å². The van der Waals surface area contributed by atoms with Crippen LogP contribution in [0, 0.1) is 0 Å². The smallest absolute Gasteiger partial charge is 0.223 e. The molecule has 19 heavy (non-hydrogen) atoms. The Morgan fingerprint density at radius 2 is 2.05 bits per heavy atom. The van der Waals surface area contributed by atoms with Crippen molar-refractivity contribution < 1.29 is 14.3 Å². The maximum absolute atomic E-state index is 11.9. The minimum absolute atomic E-state index is 0.146. The van der Waals surface area contributed by atoms with Crippen molar-refractivity contribution in [2.45, 2.75) is 13.0 Å². The van der Waals surface area contributed by atoms with E-state index in [0.29, 0.717) is 13.0 Å². The van der Waals surface area contributed by atoms with Crippen LogP contribution in [-0.4, -0.2) is 44.1 Å². The number of hydrogen-bond acceptors (Lipinski definition) is 4. The zero-order valence-electron chi connectivity index (χ0n) is 11.9. The summed E-state index contributed by atoms with van der Waals surface area (Å²) in [5, 5.41) is 0. The van der Waals surface area contributed by atoms with Gasteiger partial charge in [0.15, 0.2) is 0 Å². The van der Waals surface area contributed by atoms with Gasteiger partial charge in [-0.25, -0.2) is 0 Å². The average Bonchev–Trinajstić information content (AvgIpc) is 2.44. The third kappa shape index (κ3) is 4.67. The maximum Gasteiger partial charge on any atom is 0.223 e. The van der Waals surface area contributed by atoms with E-state index in [4.69, 9.17) is 9.47 Å². The molecule has 0 N–H and O–H groups in total. The molecule has 4 nitrogen and oxygen atoms in total. The Morgan fingerprint density at radius 3 is 2.63 bits per heavy atom. The number of rotatable bonds is 7. The maximum atomic E-state index is 11.9. The molecule has 106 valence electrons. The highest BCUT2D eigenvalue weighted by molar-refractivity contribution is 7.98. The first kappa shape index (κ1) is 15.7. The van der Waals surface area contributed by atoms with Crippen LogP contribution in [0.1, 0.15) is 12.0 Å². The van der Waals surface area contributed by atoms with Crippen molar-refractivity contribution in [1.82, 2.24) is 4.90 Å². The summed E-state index contributed by atoms with van der Waals surface area (Å²) < 4.78 is 10.5. The SMILES string of the molecule is COc1ccc(CN(C)C(=O)CCSC)c(OC)c1. The summed E-state index contributed by atoms with van der Waals surface area (Å²) in [5.74, 6) is 2.48. The zero-order chi connectivity index (χ0) is 14.3. The molecule has 0 saturated heterocycles. The molecule has 0 aliphatic rings. The van der Waals surface area contributed by atoms with Crippen molar-refractivity contribution in [3.63, 3.8) is 0 Å². The number of ether oxygens (including phenoxy) is 2. The Balaban J connectivity index is 2.72. The first-order chi connectivity index (χ1) is 9.12. The molecule has 0 radical (unpaired) electrons. The van der Waals surface area contributed by atoms with Crippen molar-refractivity contribution in [2.24, 2.45) is 0 Å². The quantitative estimate of drug-likeness (QED) is 0.770. The number of nitrogens with zero attached hydrogens (tertiary/aromatic N) is 1. The largest absolute Gasteiger partial charge is 0.497 e. The van der Waals surface area contributed by atoms with Crippen molar-refractivity contribution in [2.75, 3.05) is 33.3 Å². The monoisotopic (exact) mass is 283 g/mol. The van der Waals surface area contributed by atoms with Crippen LogP contribution in [0.3, 0.4) is 0 Å². The highest BCUT2D eigenvalue weighted by atomic mass is 32.2. The van der Waals surface area contributed by atoms with Crippen LogP contribution in [-0.2, 0) is 11.3 Å². The molecule has 0 aliphatic carbocycles. The highest BCUT2D eigenvalue weighted by Gasteiger charge is 2.12. The van der Waals surface area contributed by atoms with E-state index in [1.54, 1.807) is 30.9 Å². The number of thioether (sulfide) groups is 1. The van der Waals surface area contributed by atoms with E-state index in [9.17, 15) is 4.79 Å². The number of amides is 1. The van der Waals surface area contributed by atoms with Crippen LogP contribution in [0.15, 0.2) is 18.2 Å². The van der Waals surface area contributed by atoms with Crippen LogP contribution in [0.4, 0.5) is 0 Å². The van der Waals surface area contributed by atoms with Gasteiger partial charge in [0, 0.05) is 37.4 Å². The normalized spacial score (nSPS) is 10.1. The van der Waals surface area contributed by atoms with Gasteiger partial charge in [0.2, 0.25) is 5.91 Å². The molecule has 1 aromatic rings. The molecular formula is C14H21NO3S. The molecule has 0 heterocycles. The molecule has 0 bridgehead atoms. The number of methoxy groups -OCH3 is 2. The fraction of sp³-hybridized carbons (Fsp3) is 0.500. The van der Waals surface area contributed by atoms with E-state index in [1.807, 2.05) is 31.5 Å². The van der Waals surface area contributed by atoms with Gasteiger partial charge in [-0.3, -0.25) is 4.79 Å². The summed E-state index contributed by atoms with van der Waals surface area (Å²) in [6.45, 7) is 0.542. The summed E-state index contributed by atoms with van der Waals surface area (Å²) in [4.78, 5) is 13.6. The van der Waals surface area contributed by atoms with Crippen LogP contribution in [0.5, 0.6) is 11.5 Å². The molecule has 0 spiro atoms. The summed E-state index contributed by atoms with van der Waals surface area (Å²) >= 11 is 1.68. The highest BCUT2D eigenvalue weighted by Crippen LogP contribution is 2.25. The molecule has 5 heteroatoms. The molecule has 0 fully saturated rings. The predicted molar refractivity (Wildman–Crippen MR) is 79.0 cm³/mol. The van der Waals surface area contributed by atoms with E-state index < -0.39 is 0 Å². The summed E-state index contributed by atoms with van der Waals surface area (Å²) in [7, 11) is 5.05. The summed E-state index contributed by atoms with van der Waals surface area (Å²) in [6.07, 6.45) is 2.57. The third-order valence-electron chi connectivity index (χ3n) is 2.85. The third-order valence-corrected chi connectivity index (χ3v) is 3.46. The number of carbonyl (C=O) groups is 1. The fourth-order valence-electron chi connectivity index (χ4n) is 1.71. The Labute approximate surface area is 119 Å². The molecule has 0 aromatic heterocycles. The van der Waals surface area contributed by atoms with Gasteiger partial charge >= 0.3 is 0 Å². The molecule has 1 rings (SSSR count). The lowest BCUT2D eigenvalue weighted by Crippen LogP contribution is -2.26. The second-order valence-corrected chi connectivity index (χ2v) is 5.16. The first-order valence-electron chi connectivity index (χ1n) is 6.06. The minimum Gasteiger partial charge on any atom is -0.497 e. The van der Waals surface area contributed by atoms with Gasteiger partial charge in [0.05, 0.1) is 14.2 Å². The van der Waals surface area contributed by atoms with E-state index in [1.165, 1.54) is 0 Å². The average molecular weight is 283 g/mol. The molecule has 1 amide bonds. The van der Waals surface area contributed by atoms with Crippen molar-refractivity contribution >= 4 is 17.7 Å². The number of carbonyl (C=O) groups excluding carboxylic acids is 1. The molecule has 0 atom stereocenters. The number of benzene rings is 1. The summed E-state index contributed by atoms with van der Waals surface area (Å²) in [5.41, 5.74) is 0.975. The van der Waals surface area contributed by atoms with Crippen LogP contribution >= 0.6 is 11.8 Å². The van der Waals surface area contributed by atoms with Crippen molar-refractivity contribution in [3.05, 3.63) is 23.8 Å². The topological polar surface area (TPSA) is 38.8 Å². The molecule has 0 saturated carbocycles. The van der Waals surface area contributed by atoms with Gasteiger partial charge in [0.1, 0.15) is 11.5 Å². The van der Waals surface area contributed by atoms with Crippen molar-refractivity contribution in [1.29, 1.82) is 0 Å². The van der Waals surface area contributed by atoms with E-state index in [2.05, 4.69) is 0 Å². The molecular weight excluding hydrogens is 262 g/mol. The summed E-state index contributed by atoms with van der Waals surface area (Å²) in [6, 6.07) is 5.63. The van der Waals surface area contributed by atoms with Crippen LogP contribution < -0.4 is 9.47 Å². The Morgan fingerprint density at radius 1 is 1.32 bits per heavy atom. The van der Waals surface area contributed by atoms with Gasteiger partial charge in [0.25, 0.3) is 0 Å². The van der Waals surface area contributed by atoms with Gasteiger partial charge in [-0.15, -0.1) is 0 Å². The molecule has 0 aliphatic heterocycles. The van der Waals surface area contributed by atoms with Gasteiger partial charge in [-0.05, 0) is 18.4 Å². The predicted octanol–water partition coefficient (Wildman–Crippen LogP) is 2.42. The van der Waals surface area contributed by atoms with Crippen LogP contribution in [0.2, 0.25) is 0 Å². The Bertz CT molecular complexity index is 423. The standard InChI is InChI=1S/C14H21NO3S/c1-15(14(16)7-8-19-4)10-11-5-6-12(17-2)9-13(11)18-3/h5-6,9H,7-8,10H2,1-4H3. The Kier molecular flexibility index (Phi) is 6.56. The van der Waals surface area contributed by atoms with E-state index in [-0.39, 0.29) is 5.91 Å². The first-order valence-corrected chi connectivity index (χ1v) is 7.45. The van der Waals surface area contributed by atoms with Crippen molar-refractivity contribution in [3.8, 4) is 11.5 Å². The lowest BCUT2D eigenvalue weighted by Gasteiger charge is -2.19. The fourth-order valence-corrected chi connectivity index (χ4v) is 2.09. The minimum atomic E-state index is 0.146. The van der Waals surface area contributed by atoms with E-state index >= 15 is 0 Å². The van der Waals surface area contributed by atoms with Gasteiger partial charge in [-0.1, -0.05) is 0 Å². The van der Waals surface area contributed by atoms with Crippen LogP contribution in [0.25, 0.3) is 0 Å². The lowest BCUT2D eigenvalue weighted by molar-refractivity contribution is -0.129. The second-order valence-electron chi connectivity index (χ2n) is 4.17.